The van der Waals surface area contributed by atoms with Crippen LogP contribution >= 0.6 is 0 Å². The topological polar surface area (TPSA) is 120 Å². The summed E-state index contributed by atoms with van der Waals surface area (Å²) in [5.74, 6) is 0.229. The van der Waals surface area contributed by atoms with Crippen molar-refractivity contribution in [1.82, 2.24) is 20.6 Å². The Hall–Kier alpha value is -3.70. The van der Waals surface area contributed by atoms with Gasteiger partial charge in [0.2, 0.25) is 0 Å². The summed E-state index contributed by atoms with van der Waals surface area (Å²) in [5, 5.41) is 15.7. The Morgan fingerprint density at radius 3 is 2.77 bits per heavy atom. The predicted octanol–water partition coefficient (Wildman–Crippen LogP) is 1.76. The molecule has 0 spiro atoms. The molecule has 0 radical (unpaired) electrons. The summed E-state index contributed by atoms with van der Waals surface area (Å²) in [5.41, 5.74) is 3.51. The summed E-state index contributed by atoms with van der Waals surface area (Å²) in [7, 11) is 1.53. The molecule has 1 aliphatic heterocycles. The zero-order valence-electron chi connectivity index (χ0n) is 16.9. The Morgan fingerprint density at radius 2 is 2.03 bits per heavy atom. The Kier molecular flexibility index (Phi) is 4.68. The van der Waals surface area contributed by atoms with E-state index in [4.69, 9.17) is 4.74 Å². The van der Waals surface area contributed by atoms with Gasteiger partial charge in [-0.25, -0.2) is 4.98 Å². The van der Waals surface area contributed by atoms with Crippen molar-refractivity contribution in [2.45, 2.75) is 12.5 Å². The number of rotatable bonds is 5. The fourth-order valence-corrected chi connectivity index (χ4v) is 4.37. The molecule has 3 aromatic rings. The standard InChI is InChI=1S/C23H21N5O3/c1-25-23(30)20-7-13(22(29)28-21-17-10-31-11-18(17)21)6-14(26-20)5-12-3-2-4-19-16(12)8-15(9-24)27-19/h2-4,6-8,17-18,21,27H,5,10-11H2,1H3,(H,25,30)(H,28,29). The highest BCUT2D eigenvalue weighted by Gasteiger charge is 2.54. The minimum Gasteiger partial charge on any atom is -0.381 e. The van der Waals surface area contributed by atoms with Crippen LogP contribution in [0.3, 0.4) is 0 Å². The van der Waals surface area contributed by atoms with Crippen LogP contribution in [0.25, 0.3) is 10.9 Å². The lowest BCUT2D eigenvalue weighted by molar-refractivity contribution is 0.0928. The molecular weight excluding hydrogens is 394 g/mol. The van der Waals surface area contributed by atoms with Gasteiger partial charge in [-0.05, 0) is 29.8 Å². The van der Waals surface area contributed by atoms with E-state index >= 15 is 0 Å². The van der Waals surface area contributed by atoms with Crippen molar-refractivity contribution in [1.29, 1.82) is 5.26 Å². The van der Waals surface area contributed by atoms with E-state index in [0.717, 1.165) is 16.5 Å². The Morgan fingerprint density at radius 1 is 1.23 bits per heavy atom. The van der Waals surface area contributed by atoms with Crippen LogP contribution in [0.5, 0.6) is 0 Å². The molecule has 31 heavy (non-hydrogen) atoms. The number of H-pyrrole nitrogens is 1. The fraction of sp³-hybridized carbons (Fsp3) is 0.304. The number of nitrogens with zero attached hydrogens (tertiary/aromatic N) is 2. The maximum absolute atomic E-state index is 12.9. The van der Waals surface area contributed by atoms with Gasteiger partial charge in [0.1, 0.15) is 17.5 Å². The molecule has 2 fully saturated rings. The average molecular weight is 415 g/mol. The van der Waals surface area contributed by atoms with Crippen molar-refractivity contribution in [3.8, 4) is 6.07 Å². The van der Waals surface area contributed by atoms with Crippen molar-refractivity contribution in [3.63, 3.8) is 0 Å². The third kappa shape index (κ3) is 3.53. The molecule has 1 saturated heterocycles. The molecule has 2 unspecified atom stereocenters. The Bertz CT molecular complexity index is 1230. The predicted molar refractivity (Wildman–Crippen MR) is 113 cm³/mol. The van der Waals surface area contributed by atoms with E-state index in [1.165, 1.54) is 13.1 Å². The number of hydrogen-bond acceptors (Lipinski definition) is 5. The van der Waals surface area contributed by atoms with E-state index in [0.29, 0.717) is 48.4 Å². The lowest BCUT2D eigenvalue weighted by atomic mass is 10.0. The summed E-state index contributed by atoms with van der Waals surface area (Å²) in [6.07, 6.45) is 0.424. The molecule has 8 heteroatoms. The van der Waals surface area contributed by atoms with Gasteiger partial charge in [-0.2, -0.15) is 5.26 Å². The second-order valence-corrected chi connectivity index (χ2v) is 8.03. The smallest absolute Gasteiger partial charge is 0.269 e. The minimum atomic E-state index is -0.348. The molecule has 2 amide bonds. The van der Waals surface area contributed by atoms with Crippen LogP contribution in [0.15, 0.2) is 36.4 Å². The van der Waals surface area contributed by atoms with Gasteiger partial charge in [-0.1, -0.05) is 12.1 Å². The molecule has 1 aliphatic carbocycles. The quantitative estimate of drug-likeness (QED) is 0.587. The monoisotopic (exact) mass is 415 g/mol. The summed E-state index contributed by atoms with van der Waals surface area (Å²) in [6.45, 7) is 1.37. The van der Waals surface area contributed by atoms with Gasteiger partial charge in [0.25, 0.3) is 11.8 Å². The fourth-order valence-electron chi connectivity index (χ4n) is 4.37. The maximum atomic E-state index is 12.9. The lowest BCUT2D eigenvalue weighted by Crippen LogP contribution is -2.30. The number of aromatic nitrogens is 2. The first-order valence-corrected chi connectivity index (χ1v) is 10.2. The third-order valence-electron chi connectivity index (χ3n) is 6.10. The van der Waals surface area contributed by atoms with Crippen LogP contribution in [-0.4, -0.2) is 48.1 Å². The molecule has 1 aromatic carbocycles. The Balaban J connectivity index is 1.46. The number of ether oxygens (including phenoxy) is 1. The molecule has 156 valence electrons. The average Bonchev–Trinajstić information content (AvgIpc) is 3.16. The molecule has 3 heterocycles. The SMILES string of the molecule is CNC(=O)c1cc(C(=O)NC2C3COCC32)cc(Cc2cccc3[nH]c(C#N)cc23)n1. The molecular formula is C23H21N5O3. The van der Waals surface area contributed by atoms with E-state index < -0.39 is 0 Å². The van der Waals surface area contributed by atoms with Crippen molar-refractivity contribution >= 4 is 22.7 Å². The highest BCUT2D eigenvalue weighted by Crippen LogP contribution is 2.44. The van der Waals surface area contributed by atoms with Crippen LogP contribution in [0.2, 0.25) is 0 Å². The maximum Gasteiger partial charge on any atom is 0.269 e. The highest BCUT2D eigenvalue weighted by molar-refractivity contribution is 5.99. The van der Waals surface area contributed by atoms with E-state index in [1.807, 2.05) is 18.2 Å². The number of aromatic amines is 1. The number of benzene rings is 1. The lowest BCUT2D eigenvalue weighted by Gasteiger charge is -2.11. The van der Waals surface area contributed by atoms with Crippen LogP contribution < -0.4 is 10.6 Å². The first-order chi connectivity index (χ1) is 15.1. The molecule has 2 atom stereocenters. The summed E-state index contributed by atoms with van der Waals surface area (Å²) >= 11 is 0. The number of nitriles is 1. The van der Waals surface area contributed by atoms with Gasteiger partial charge in [-0.15, -0.1) is 0 Å². The molecule has 2 aromatic heterocycles. The van der Waals surface area contributed by atoms with Gasteiger partial charge in [0, 0.05) is 53.5 Å². The molecule has 0 bridgehead atoms. The molecule has 3 N–H and O–H groups in total. The number of carbonyl (C=O) groups is 2. The molecule has 1 saturated carbocycles. The second-order valence-electron chi connectivity index (χ2n) is 8.03. The first kappa shape index (κ1) is 19.3. The molecule has 5 rings (SSSR count). The Labute approximate surface area is 178 Å². The van der Waals surface area contributed by atoms with Crippen LogP contribution in [-0.2, 0) is 11.2 Å². The molecule has 2 aliphatic rings. The number of carbonyl (C=O) groups excluding carboxylic acids is 2. The van der Waals surface area contributed by atoms with Crippen LogP contribution in [0, 0.1) is 23.2 Å². The summed E-state index contributed by atoms with van der Waals surface area (Å²) < 4.78 is 5.38. The number of amides is 2. The normalized spacial score (nSPS) is 21.4. The number of fused-ring (bicyclic) bond motifs is 2. The largest absolute Gasteiger partial charge is 0.381 e. The van der Waals surface area contributed by atoms with E-state index in [1.54, 1.807) is 12.1 Å². The van der Waals surface area contributed by atoms with Gasteiger partial charge < -0.3 is 20.4 Å². The zero-order chi connectivity index (χ0) is 21.5. The van der Waals surface area contributed by atoms with Crippen molar-refractivity contribution in [2.24, 2.45) is 11.8 Å². The summed E-state index contributed by atoms with van der Waals surface area (Å²) in [4.78, 5) is 32.7. The van der Waals surface area contributed by atoms with E-state index in [-0.39, 0.29) is 23.6 Å². The minimum absolute atomic E-state index is 0.138. The zero-order valence-corrected chi connectivity index (χ0v) is 16.9. The van der Waals surface area contributed by atoms with Crippen LogP contribution in [0.4, 0.5) is 0 Å². The second kappa shape index (κ2) is 7.52. The van der Waals surface area contributed by atoms with Crippen molar-refractivity contribution < 1.29 is 14.3 Å². The van der Waals surface area contributed by atoms with E-state index in [2.05, 4.69) is 26.7 Å². The number of nitrogens with one attached hydrogen (secondary N) is 3. The highest BCUT2D eigenvalue weighted by atomic mass is 16.5. The van der Waals surface area contributed by atoms with Crippen molar-refractivity contribution in [3.05, 3.63) is 64.6 Å². The first-order valence-electron chi connectivity index (χ1n) is 10.2. The number of pyridine rings is 1. The third-order valence-corrected chi connectivity index (χ3v) is 6.10. The molecule has 8 nitrogen and oxygen atoms in total. The van der Waals surface area contributed by atoms with Gasteiger partial charge in [0.05, 0.1) is 13.2 Å². The van der Waals surface area contributed by atoms with Crippen molar-refractivity contribution in [2.75, 3.05) is 20.3 Å². The van der Waals surface area contributed by atoms with Gasteiger partial charge >= 0.3 is 0 Å². The van der Waals surface area contributed by atoms with Gasteiger partial charge in [0.15, 0.2) is 0 Å². The van der Waals surface area contributed by atoms with E-state index in [9.17, 15) is 14.9 Å². The summed E-state index contributed by atoms with van der Waals surface area (Å²) in [6, 6.07) is 13.1. The van der Waals surface area contributed by atoms with Crippen LogP contribution in [0.1, 0.15) is 37.8 Å². The number of hydrogen-bond donors (Lipinski definition) is 3. The van der Waals surface area contributed by atoms with Gasteiger partial charge in [-0.3, -0.25) is 9.59 Å².